The van der Waals surface area contributed by atoms with Crippen molar-refractivity contribution in [2.24, 2.45) is 5.16 Å². The molecule has 0 bridgehead atoms. The Morgan fingerprint density at radius 1 is 1.12 bits per heavy atom. The largest absolute Gasteiger partial charge is 0.497 e. The fourth-order valence-electron chi connectivity index (χ4n) is 2.39. The van der Waals surface area contributed by atoms with E-state index in [0.717, 1.165) is 11.1 Å². The number of oxime groups is 1. The highest BCUT2D eigenvalue weighted by Crippen LogP contribution is 2.38. The van der Waals surface area contributed by atoms with Crippen LogP contribution in [-0.4, -0.2) is 33.6 Å². The van der Waals surface area contributed by atoms with Crippen LogP contribution in [0.5, 0.6) is 23.0 Å². The van der Waals surface area contributed by atoms with E-state index < -0.39 is 0 Å². The Morgan fingerprint density at radius 2 is 1.96 bits per heavy atom. The zero-order valence-electron chi connectivity index (χ0n) is 14.0. The van der Waals surface area contributed by atoms with E-state index in [9.17, 15) is 0 Å². The fourth-order valence-corrected chi connectivity index (χ4v) is 2.68. The molecular formula is C18H18ClNO5. The van der Waals surface area contributed by atoms with E-state index in [4.69, 9.17) is 35.4 Å². The first-order valence-electron chi connectivity index (χ1n) is 7.66. The number of fused-ring (bicyclic) bond motifs is 1. The zero-order chi connectivity index (χ0) is 17.6. The van der Waals surface area contributed by atoms with Gasteiger partial charge in [-0.1, -0.05) is 16.8 Å². The third-order valence-corrected chi connectivity index (χ3v) is 3.87. The Morgan fingerprint density at radius 3 is 2.76 bits per heavy atom. The van der Waals surface area contributed by atoms with Crippen LogP contribution < -0.4 is 18.9 Å². The Bertz CT molecular complexity index is 778. The van der Waals surface area contributed by atoms with Crippen molar-refractivity contribution >= 4 is 17.8 Å². The van der Waals surface area contributed by atoms with Gasteiger partial charge in [-0.05, 0) is 35.9 Å². The molecule has 0 amide bonds. The van der Waals surface area contributed by atoms with E-state index in [1.54, 1.807) is 32.6 Å². The summed E-state index contributed by atoms with van der Waals surface area (Å²) in [5, 5.41) is 4.48. The highest BCUT2D eigenvalue weighted by atomic mass is 35.5. The summed E-state index contributed by atoms with van der Waals surface area (Å²) < 4.78 is 21.5. The van der Waals surface area contributed by atoms with E-state index >= 15 is 0 Å². The highest BCUT2D eigenvalue weighted by molar-refractivity contribution is 6.32. The molecule has 0 atom stereocenters. The molecule has 2 aromatic carbocycles. The molecule has 0 fully saturated rings. The Balaban J connectivity index is 1.67. The van der Waals surface area contributed by atoms with E-state index in [2.05, 4.69) is 5.16 Å². The standard InChI is InChI=1S/C18H18ClNO5/c1-21-14-3-4-16(22-2)13(9-14)10-20-25-11-12-7-15(19)18-17(8-12)23-5-6-24-18/h3-4,7-10H,5-6,11H2,1-2H3. The van der Waals surface area contributed by atoms with Crippen LogP contribution in [0.15, 0.2) is 35.5 Å². The number of rotatable bonds is 6. The Hall–Kier alpha value is -2.60. The molecule has 3 rings (SSSR count). The minimum absolute atomic E-state index is 0.249. The summed E-state index contributed by atoms with van der Waals surface area (Å²) in [7, 11) is 3.20. The van der Waals surface area contributed by atoms with Crippen molar-refractivity contribution in [3.63, 3.8) is 0 Å². The van der Waals surface area contributed by atoms with Gasteiger partial charge in [0, 0.05) is 5.56 Å². The molecule has 132 valence electrons. The average molecular weight is 364 g/mol. The number of methoxy groups -OCH3 is 2. The summed E-state index contributed by atoms with van der Waals surface area (Å²) >= 11 is 6.20. The molecule has 0 radical (unpaired) electrons. The summed E-state index contributed by atoms with van der Waals surface area (Å²) in [6.07, 6.45) is 1.57. The zero-order valence-corrected chi connectivity index (χ0v) is 14.7. The summed E-state index contributed by atoms with van der Waals surface area (Å²) in [4.78, 5) is 5.36. The van der Waals surface area contributed by atoms with Crippen molar-refractivity contribution in [1.29, 1.82) is 0 Å². The molecule has 0 saturated carbocycles. The monoisotopic (exact) mass is 363 g/mol. The van der Waals surface area contributed by atoms with Crippen LogP contribution >= 0.6 is 11.6 Å². The topological polar surface area (TPSA) is 58.5 Å². The lowest BCUT2D eigenvalue weighted by atomic mass is 10.2. The predicted octanol–water partition coefficient (Wildman–Crippen LogP) is 3.68. The summed E-state index contributed by atoms with van der Waals surface area (Å²) in [6, 6.07) is 9.04. The summed E-state index contributed by atoms with van der Waals surface area (Å²) in [5.41, 5.74) is 1.59. The minimum Gasteiger partial charge on any atom is -0.497 e. The molecule has 25 heavy (non-hydrogen) atoms. The summed E-state index contributed by atoms with van der Waals surface area (Å²) in [5.74, 6) is 2.58. The Labute approximate surface area is 150 Å². The number of halogens is 1. The van der Waals surface area contributed by atoms with Crippen LogP contribution in [0.3, 0.4) is 0 Å². The second-order valence-electron chi connectivity index (χ2n) is 5.22. The first-order chi connectivity index (χ1) is 12.2. The van der Waals surface area contributed by atoms with Crippen LogP contribution in [0.1, 0.15) is 11.1 Å². The van der Waals surface area contributed by atoms with Gasteiger partial charge in [0.2, 0.25) is 0 Å². The maximum Gasteiger partial charge on any atom is 0.179 e. The van der Waals surface area contributed by atoms with Crippen molar-refractivity contribution in [1.82, 2.24) is 0 Å². The second-order valence-corrected chi connectivity index (χ2v) is 5.62. The first-order valence-corrected chi connectivity index (χ1v) is 8.04. The molecule has 1 aliphatic heterocycles. The van der Waals surface area contributed by atoms with Crippen LogP contribution in [0.2, 0.25) is 5.02 Å². The SMILES string of the molecule is COc1ccc(OC)c(C=NOCc2cc(Cl)c3c(c2)OCCO3)c1. The van der Waals surface area contributed by atoms with Crippen LogP contribution in [-0.2, 0) is 11.4 Å². The number of nitrogens with zero attached hydrogens (tertiary/aromatic N) is 1. The van der Waals surface area contributed by atoms with Crippen molar-refractivity contribution < 1.29 is 23.8 Å². The molecule has 0 spiro atoms. The average Bonchev–Trinajstić information content (AvgIpc) is 2.65. The van der Waals surface area contributed by atoms with Gasteiger partial charge in [-0.15, -0.1) is 0 Å². The van der Waals surface area contributed by atoms with E-state index in [1.807, 2.05) is 18.2 Å². The van der Waals surface area contributed by atoms with Crippen molar-refractivity contribution in [3.05, 3.63) is 46.5 Å². The summed E-state index contributed by atoms with van der Waals surface area (Å²) in [6.45, 7) is 1.25. The normalized spacial score (nSPS) is 12.9. The highest BCUT2D eigenvalue weighted by Gasteiger charge is 2.16. The number of benzene rings is 2. The van der Waals surface area contributed by atoms with Crippen LogP contribution in [0, 0.1) is 0 Å². The van der Waals surface area contributed by atoms with Gasteiger partial charge < -0.3 is 23.8 Å². The maximum absolute atomic E-state index is 6.20. The molecule has 0 N–H and O–H groups in total. The second kappa shape index (κ2) is 7.98. The third-order valence-electron chi connectivity index (χ3n) is 3.59. The third kappa shape index (κ3) is 4.09. The van der Waals surface area contributed by atoms with E-state index in [0.29, 0.717) is 41.2 Å². The molecule has 6 nitrogen and oxygen atoms in total. The molecule has 2 aromatic rings. The van der Waals surface area contributed by atoms with Crippen LogP contribution in [0.25, 0.3) is 0 Å². The Kier molecular flexibility index (Phi) is 5.50. The molecule has 0 aliphatic carbocycles. The lowest BCUT2D eigenvalue weighted by Crippen LogP contribution is -2.15. The molecular weight excluding hydrogens is 346 g/mol. The lowest BCUT2D eigenvalue weighted by molar-refractivity contribution is 0.130. The first kappa shape index (κ1) is 17.2. The molecule has 1 aliphatic rings. The quantitative estimate of drug-likeness (QED) is 0.579. The van der Waals surface area contributed by atoms with Gasteiger partial charge in [-0.2, -0.15) is 0 Å². The number of hydrogen-bond donors (Lipinski definition) is 0. The van der Waals surface area contributed by atoms with Crippen molar-refractivity contribution in [2.75, 3.05) is 27.4 Å². The van der Waals surface area contributed by atoms with E-state index in [-0.39, 0.29) is 6.61 Å². The van der Waals surface area contributed by atoms with Gasteiger partial charge in [0.15, 0.2) is 11.5 Å². The van der Waals surface area contributed by atoms with Gasteiger partial charge in [0.25, 0.3) is 0 Å². The van der Waals surface area contributed by atoms with Gasteiger partial charge in [-0.3, -0.25) is 0 Å². The van der Waals surface area contributed by atoms with Gasteiger partial charge in [0.05, 0.1) is 25.5 Å². The minimum atomic E-state index is 0.249. The van der Waals surface area contributed by atoms with Gasteiger partial charge in [0.1, 0.15) is 31.3 Å². The van der Waals surface area contributed by atoms with Crippen molar-refractivity contribution in [2.45, 2.75) is 6.61 Å². The van der Waals surface area contributed by atoms with Crippen LogP contribution in [0.4, 0.5) is 0 Å². The van der Waals surface area contributed by atoms with Crippen molar-refractivity contribution in [3.8, 4) is 23.0 Å². The number of hydrogen-bond acceptors (Lipinski definition) is 6. The molecule has 0 unspecified atom stereocenters. The van der Waals surface area contributed by atoms with Gasteiger partial charge >= 0.3 is 0 Å². The molecule has 0 aromatic heterocycles. The maximum atomic E-state index is 6.20. The molecule has 1 heterocycles. The lowest BCUT2D eigenvalue weighted by Gasteiger charge is -2.20. The van der Waals surface area contributed by atoms with E-state index in [1.165, 1.54) is 0 Å². The molecule has 7 heteroatoms. The fraction of sp³-hybridized carbons (Fsp3) is 0.278. The number of ether oxygens (including phenoxy) is 4. The molecule has 0 saturated heterocycles. The predicted molar refractivity (Wildman–Crippen MR) is 94.4 cm³/mol. The smallest absolute Gasteiger partial charge is 0.179 e. The van der Waals surface area contributed by atoms with Gasteiger partial charge in [-0.25, -0.2) is 0 Å².